The minimum Gasteiger partial charge on any atom is -0.504 e. The SMILES string of the molecule is Nc1nc(C(F)F)c(C=O)cc1O. The van der Waals surface area contributed by atoms with E-state index in [2.05, 4.69) is 4.98 Å². The number of carbonyl (C=O) groups is 1. The maximum absolute atomic E-state index is 12.2. The van der Waals surface area contributed by atoms with Crippen LogP contribution in [-0.2, 0) is 0 Å². The van der Waals surface area contributed by atoms with Crippen LogP contribution in [0.25, 0.3) is 0 Å². The molecule has 0 fully saturated rings. The molecule has 0 radical (unpaired) electrons. The van der Waals surface area contributed by atoms with Crippen molar-refractivity contribution in [3.63, 3.8) is 0 Å². The molecule has 1 aromatic heterocycles. The summed E-state index contributed by atoms with van der Waals surface area (Å²) in [6, 6.07) is 0.858. The molecule has 0 aromatic carbocycles. The molecule has 0 aliphatic carbocycles. The molecule has 0 unspecified atom stereocenters. The lowest BCUT2D eigenvalue weighted by Gasteiger charge is -2.04. The highest BCUT2D eigenvalue weighted by atomic mass is 19.3. The predicted molar refractivity (Wildman–Crippen MR) is 40.7 cm³/mol. The normalized spacial score (nSPS) is 10.4. The lowest BCUT2D eigenvalue weighted by atomic mass is 10.2. The van der Waals surface area contributed by atoms with Crippen molar-refractivity contribution in [3.05, 3.63) is 17.3 Å². The van der Waals surface area contributed by atoms with Crippen LogP contribution in [0.3, 0.4) is 0 Å². The topological polar surface area (TPSA) is 76.2 Å². The van der Waals surface area contributed by atoms with Crippen LogP contribution in [-0.4, -0.2) is 16.4 Å². The van der Waals surface area contributed by atoms with Gasteiger partial charge in [0.15, 0.2) is 17.9 Å². The number of aromatic hydroxyl groups is 1. The van der Waals surface area contributed by atoms with Gasteiger partial charge in [-0.3, -0.25) is 4.79 Å². The Bertz CT molecular complexity index is 342. The third-order valence-corrected chi connectivity index (χ3v) is 1.42. The van der Waals surface area contributed by atoms with Gasteiger partial charge in [0.2, 0.25) is 0 Å². The molecule has 0 saturated heterocycles. The minimum absolute atomic E-state index is 0.188. The van der Waals surface area contributed by atoms with Gasteiger partial charge in [0.05, 0.1) is 0 Å². The quantitative estimate of drug-likeness (QED) is 0.682. The smallest absolute Gasteiger partial charge is 0.281 e. The Hall–Kier alpha value is -1.72. The molecule has 0 aliphatic rings. The third-order valence-electron chi connectivity index (χ3n) is 1.42. The van der Waals surface area contributed by atoms with Gasteiger partial charge in [0.1, 0.15) is 5.69 Å². The summed E-state index contributed by atoms with van der Waals surface area (Å²) in [6.45, 7) is 0. The maximum Gasteiger partial charge on any atom is 0.281 e. The fourth-order valence-corrected chi connectivity index (χ4v) is 0.816. The van der Waals surface area contributed by atoms with Crippen molar-refractivity contribution in [1.82, 2.24) is 4.98 Å². The second-order valence-corrected chi connectivity index (χ2v) is 2.29. The molecule has 0 atom stereocenters. The Balaban J connectivity index is 3.32. The first-order chi connectivity index (χ1) is 6.06. The average molecular weight is 188 g/mol. The van der Waals surface area contributed by atoms with Gasteiger partial charge < -0.3 is 10.8 Å². The molecule has 1 rings (SSSR count). The zero-order valence-electron chi connectivity index (χ0n) is 6.37. The van der Waals surface area contributed by atoms with Crippen LogP contribution >= 0.6 is 0 Å². The van der Waals surface area contributed by atoms with Crippen molar-refractivity contribution in [1.29, 1.82) is 0 Å². The first-order valence-corrected chi connectivity index (χ1v) is 3.29. The summed E-state index contributed by atoms with van der Waals surface area (Å²) in [4.78, 5) is 13.5. The van der Waals surface area contributed by atoms with Gasteiger partial charge in [-0.05, 0) is 6.07 Å². The molecule has 13 heavy (non-hydrogen) atoms. The number of nitrogens with zero attached hydrogens (tertiary/aromatic N) is 1. The third kappa shape index (κ3) is 1.71. The maximum atomic E-state index is 12.2. The van der Waals surface area contributed by atoms with Crippen molar-refractivity contribution in [2.75, 3.05) is 5.73 Å². The Morgan fingerprint density at radius 2 is 2.23 bits per heavy atom. The van der Waals surface area contributed by atoms with Crippen LogP contribution in [0.4, 0.5) is 14.6 Å². The van der Waals surface area contributed by atoms with Crippen LogP contribution in [0.1, 0.15) is 22.5 Å². The van der Waals surface area contributed by atoms with Gasteiger partial charge in [-0.15, -0.1) is 0 Å². The number of carbonyl (C=O) groups excluding carboxylic acids is 1. The fourth-order valence-electron chi connectivity index (χ4n) is 0.816. The zero-order chi connectivity index (χ0) is 10.0. The second-order valence-electron chi connectivity index (χ2n) is 2.29. The number of aromatic nitrogens is 1. The summed E-state index contributed by atoms with van der Waals surface area (Å²) < 4.78 is 24.3. The number of pyridine rings is 1. The van der Waals surface area contributed by atoms with E-state index in [0.29, 0.717) is 0 Å². The number of anilines is 1. The van der Waals surface area contributed by atoms with Crippen LogP contribution in [0.5, 0.6) is 5.75 Å². The van der Waals surface area contributed by atoms with E-state index in [9.17, 15) is 13.6 Å². The van der Waals surface area contributed by atoms with Crippen molar-refractivity contribution in [2.45, 2.75) is 6.43 Å². The summed E-state index contributed by atoms with van der Waals surface area (Å²) >= 11 is 0. The highest BCUT2D eigenvalue weighted by molar-refractivity contribution is 5.78. The fraction of sp³-hybridized carbons (Fsp3) is 0.143. The van der Waals surface area contributed by atoms with E-state index >= 15 is 0 Å². The molecule has 3 N–H and O–H groups in total. The summed E-state index contributed by atoms with van der Waals surface area (Å²) in [7, 11) is 0. The van der Waals surface area contributed by atoms with Gasteiger partial charge in [-0.25, -0.2) is 13.8 Å². The van der Waals surface area contributed by atoms with E-state index in [-0.39, 0.29) is 11.8 Å². The first kappa shape index (κ1) is 9.37. The molecule has 0 bridgehead atoms. The number of alkyl halides is 2. The molecule has 70 valence electrons. The molecule has 1 aromatic rings. The molecule has 1 heterocycles. The van der Waals surface area contributed by atoms with Crippen molar-refractivity contribution in [3.8, 4) is 5.75 Å². The van der Waals surface area contributed by atoms with Crippen molar-refractivity contribution >= 4 is 12.1 Å². The lowest BCUT2D eigenvalue weighted by Crippen LogP contribution is -2.01. The molecule has 0 spiro atoms. The van der Waals surface area contributed by atoms with E-state index in [1.807, 2.05) is 0 Å². The van der Waals surface area contributed by atoms with E-state index in [1.54, 1.807) is 0 Å². The Labute approximate surface area is 72.0 Å². The van der Waals surface area contributed by atoms with Gasteiger partial charge in [0, 0.05) is 5.56 Å². The van der Waals surface area contributed by atoms with Crippen LogP contribution in [0, 0.1) is 0 Å². The van der Waals surface area contributed by atoms with Gasteiger partial charge in [-0.1, -0.05) is 0 Å². The highest BCUT2D eigenvalue weighted by Gasteiger charge is 2.16. The van der Waals surface area contributed by atoms with Crippen LogP contribution in [0.2, 0.25) is 0 Å². The molecule has 0 amide bonds. The summed E-state index contributed by atoms with van der Waals surface area (Å²) in [5.74, 6) is -0.896. The number of hydrogen-bond acceptors (Lipinski definition) is 4. The molecule has 6 heteroatoms. The number of rotatable bonds is 2. The summed E-state index contributed by atoms with van der Waals surface area (Å²) in [5, 5.41) is 8.95. The minimum atomic E-state index is -2.89. The van der Waals surface area contributed by atoms with Gasteiger partial charge in [0.25, 0.3) is 6.43 Å². The van der Waals surface area contributed by atoms with E-state index in [0.717, 1.165) is 6.07 Å². The first-order valence-electron chi connectivity index (χ1n) is 3.29. The van der Waals surface area contributed by atoms with Crippen molar-refractivity contribution in [2.24, 2.45) is 0 Å². The molecule has 4 nitrogen and oxygen atoms in total. The second kappa shape index (κ2) is 3.34. The monoisotopic (exact) mass is 188 g/mol. The largest absolute Gasteiger partial charge is 0.504 e. The predicted octanol–water partition coefficient (Wildman–Crippen LogP) is 1.12. The molecule has 0 saturated carbocycles. The number of nitrogen functional groups attached to an aromatic ring is 1. The molecular formula is C7H6F2N2O2. The number of hydrogen-bond donors (Lipinski definition) is 2. The van der Waals surface area contributed by atoms with E-state index < -0.39 is 23.7 Å². The van der Waals surface area contributed by atoms with Crippen LogP contribution in [0.15, 0.2) is 6.07 Å². The van der Waals surface area contributed by atoms with Crippen molar-refractivity contribution < 1.29 is 18.7 Å². The zero-order valence-corrected chi connectivity index (χ0v) is 6.37. The van der Waals surface area contributed by atoms with Gasteiger partial charge >= 0.3 is 0 Å². The average Bonchev–Trinajstić information content (AvgIpc) is 2.08. The Morgan fingerprint density at radius 1 is 1.62 bits per heavy atom. The highest BCUT2D eigenvalue weighted by Crippen LogP contribution is 2.26. The molecule has 0 aliphatic heterocycles. The van der Waals surface area contributed by atoms with E-state index in [1.165, 1.54) is 0 Å². The molecular weight excluding hydrogens is 182 g/mol. The number of aldehydes is 1. The standard InChI is InChI=1S/C7H6F2N2O2/c8-6(9)5-3(2-12)1-4(13)7(10)11-5/h1-2,6,13H,(H2,10,11). The van der Waals surface area contributed by atoms with E-state index in [4.69, 9.17) is 10.8 Å². The Morgan fingerprint density at radius 3 is 2.69 bits per heavy atom. The summed E-state index contributed by atoms with van der Waals surface area (Å²) in [5.41, 5.74) is 3.99. The van der Waals surface area contributed by atoms with Gasteiger partial charge in [-0.2, -0.15) is 0 Å². The van der Waals surface area contributed by atoms with Crippen LogP contribution < -0.4 is 5.73 Å². The number of halogens is 2. The summed E-state index contributed by atoms with van der Waals surface area (Å²) in [6.07, 6.45) is -2.70. The number of nitrogens with two attached hydrogens (primary N) is 1. The lowest BCUT2D eigenvalue weighted by molar-refractivity contribution is 0.110. The Kier molecular flexibility index (Phi) is 2.41.